The van der Waals surface area contributed by atoms with Crippen molar-refractivity contribution in [1.29, 1.82) is 0 Å². The Balaban J connectivity index is 2.58. The third kappa shape index (κ3) is 2.37. The molecule has 0 amide bonds. The summed E-state index contributed by atoms with van der Waals surface area (Å²) in [6, 6.07) is 1.57. The van der Waals surface area contributed by atoms with Crippen molar-refractivity contribution in [3.8, 4) is 5.75 Å². The molecule has 0 saturated heterocycles. The lowest BCUT2D eigenvalue weighted by Gasteiger charge is -2.19. The lowest BCUT2D eigenvalue weighted by molar-refractivity contribution is 0.399. The first-order valence-electron chi connectivity index (χ1n) is 5.97. The summed E-state index contributed by atoms with van der Waals surface area (Å²) in [6.07, 6.45) is 1.51. The van der Waals surface area contributed by atoms with Gasteiger partial charge in [0.1, 0.15) is 17.3 Å². The summed E-state index contributed by atoms with van der Waals surface area (Å²) in [7, 11) is 3.18. The van der Waals surface area contributed by atoms with Crippen LogP contribution in [-0.4, -0.2) is 16.9 Å². The average Bonchev–Trinajstić information content (AvgIpc) is 2.78. The number of halogens is 2. The third-order valence-corrected chi connectivity index (χ3v) is 3.20. The molecule has 108 valence electrons. The van der Waals surface area contributed by atoms with Gasteiger partial charge in [-0.05, 0) is 18.6 Å². The first-order chi connectivity index (χ1) is 9.49. The number of aryl methyl sites for hydroxylation is 2. The highest BCUT2D eigenvalue weighted by Crippen LogP contribution is 2.31. The van der Waals surface area contributed by atoms with Gasteiger partial charge in [0.15, 0.2) is 5.75 Å². The molecule has 0 spiro atoms. The topological polar surface area (TPSA) is 65.1 Å². The summed E-state index contributed by atoms with van der Waals surface area (Å²) in [5, 5.41) is 4.05. The van der Waals surface area contributed by atoms with Crippen LogP contribution in [0.3, 0.4) is 0 Å². The number of hydrogen-bond donors (Lipinski definition) is 2. The van der Waals surface area contributed by atoms with Crippen molar-refractivity contribution in [3.05, 3.63) is 46.8 Å². The van der Waals surface area contributed by atoms with E-state index >= 15 is 0 Å². The molecular weight excluding hydrogens is 266 g/mol. The van der Waals surface area contributed by atoms with Crippen LogP contribution in [0.5, 0.6) is 5.75 Å². The number of nitrogens with one attached hydrogen (secondary N) is 1. The molecular formula is C13H16F2N4O. The molecule has 0 aliphatic heterocycles. The molecule has 3 N–H and O–H groups in total. The monoisotopic (exact) mass is 282 g/mol. The van der Waals surface area contributed by atoms with Crippen LogP contribution in [0, 0.1) is 18.6 Å². The number of methoxy groups -OCH3 is 1. The molecule has 2 rings (SSSR count). The predicted molar refractivity (Wildman–Crippen MR) is 70.0 cm³/mol. The largest absolute Gasteiger partial charge is 0.493 e. The minimum atomic E-state index is -0.697. The summed E-state index contributed by atoms with van der Waals surface area (Å²) in [6.45, 7) is 1.56. The van der Waals surface area contributed by atoms with E-state index in [0.717, 1.165) is 6.07 Å². The molecule has 1 unspecified atom stereocenters. The molecule has 0 fully saturated rings. The SMILES string of the molecule is COc1cnn(C)c1C(NN)c1cc(C)c(F)cc1F. The van der Waals surface area contributed by atoms with Crippen molar-refractivity contribution in [1.82, 2.24) is 15.2 Å². The number of nitrogens with two attached hydrogens (primary N) is 1. The Morgan fingerprint density at radius 3 is 2.65 bits per heavy atom. The Kier molecular flexibility index (Phi) is 4.01. The van der Waals surface area contributed by atoms with E-state index in [-0.39, 0.29) is 5.56 Å². The van der Waals surface area contributed by atoms with Gasteiger partial charge in [-0.1, -0.05) is 0 Å². The van der Waals surface area contributed by atoms with E-state index in [2.05, 4.69) is 10.5 Å². The van der Waals surface area contributed by atoms with Gasteiger partial charge < -0.3 is 4.74 Å². The Morgan fingerprint density at radius 1 is 1.35 bits per heavy atom. The van der Waals surface area contributed by atoms with Gasteiger partial charge in [0, 0.05) is 18.7 Å². The first-order valence-corrected chi connectivity index (χ1v) is 5.97. The van der Waals surface area contributed by atoms with Gasteiger partial charge in [-0.15, -0.1) is 0 Å². The van der Waals surface area contributed by atoms with Gasteiger partial charge >= 0.3 is 0 Å². The molecule has 5 nitrogen and oxygen atoms in total. The number of ether oxygens (including phenoxy) is 1. The molecule has 1 aromatic heterocycles. The molecule has 0 aliphatic rings. The number of rotatable bonds is 4. The highest BCUT2D eigenvalue weighted by atomic mass is 19.1. The predicted octanol–water partition coefficient (Wildman–Crippen LogP) is 1.57. The Labute approximate surface area is 115 Å². The maximum absolute atomic E-state index is 14.0. The molecule has 1 aromatic carbocycles. The van der Waals surface area contributed by atoms with Crippen molar-refractivity contribution in [2.45, 2.75) is 13.0 Å². The Hall–Kier alpha value is -1.99. The highest BCUT2D eigenvalue weighted by Gasteiger charge is 2.25. The highest BCUT2D eigenvalue weighted by molar-refractivity contribution is 5.38. The Morgan fingerprint density at radius 2 is 2.05 bits per heavy atom. The standard InChI is InChI=1S/C13H16F2N4O/c1-7-4-8(10(15)5-9(7)14)12(18-16)13-11(20-3)6-17-19(13)2/h4-6,12,18H,16H2,1-3H3. The number of benzene rings is 1. The van der Waals surface area contributed by atoms with Gasteiger partial charge in [-0.3, -0.25) is 10.5 Å². The first kappa shape index (κ1) is 14.4. The molecule has 0 saturated carbocycles. The van der Waals surface area contributed by atoms with E-state index in [1.165, 1.54) is 24.1 Å². The average molecular weight is 282 g/mol. The van der Waals surface area contributed by atoms with Crippen molar-refractivity contribution in [2.24, 2.45) is 12.9 Å². The van der Waals surface area contributed by atoms with E-state index in [0.29, 0.717) is 17.0 Å². The fraction of sp³-hybridized carbons (Fsp3) is 0.308. The van der Waals surface area contributed by atoms with Crippen LogP contribution >= 0.6 is 0 Å². The van der Waals surface area contributed by atoms with Crippen LogP contribution < -0.4 is 16.0 Å². The van der Waals surface area contributed by atoms with E-state index in [4.69, 9.17) is 10.6 Å². The molecule has 0 bridgehead atoms. The molecule has 7 heteroatoms. The van der Waals surface area contributed by atoms with Crippen molar-refractivity contribution in [2.75, 3.05) is 7.11 Å². The fourth-order valence-corrected chi connectivity index (χ4v) is 2.13. The lowest BCUT2D eigenvalue weighted by Crippen LogP contribution is -2.31. The second-order valence-electron chi connectivity index (χ2n) is 4.44. The van der Waals surface area contributed by atoms with E-state index in [1.807, 2.05) is 0 Å². The molecule has 1 atom stereocenters. The van der Waals surface area contributed by atoms with Crippen LogP contribution in [0.1, 0.15) is 22.9 Å². The number of hydrogen-bond acceptors (Lipinski definition) is 4. The van der Waals surface area contributed by atoms with Crippen LogP contribution in [-0.2, 0) is 7.05 Å². The zero-order valence-corrected chi connectivity index (χ0v) is 11.4. The molecule has 0 aliphatic carbocycles. The fourth-order valence-electron chi connectivity index (χ4n) is 2.13. The van der Waals surface area contributed by atoms with Gasteiger partial charge in [0.05, 0.1) is 19.3 Å². The zero-order valence-electron chi connectivity index (χ0n) is 11.4. The maximum atomic E-state index is 14.0. The number of hydrazine groups is 1. The number of nitrogens with zero attached hydrogens (tertiary/aromatic N) is 2. The van der Waals surface area contributed by atoms with Gasteiger partial charge in [-0.25, -0.2) is 14.2 Å². The van der Waals surface area contributed by atoms with Gasteiger partial charge in [-0.2, -0.15) is 5.10 Å². The minimum Gasteiger partial charge on any atom is -0.493 e. The summed E-state index contributed by atoms with van der Waals surface area (Å²) >= 11 is 0. The van der Waals surface area contributed by atoms with Crippen LogP contribution in [0.4, 0.5) is 8.78 Å². The second-order valence-corrected chi connectivity index (χ2v) is 4.44. The van der Waals surface area contributed by atoms with E-state index < -0.39 is 17.7 Å². The van der Waals surface area contributed by atoms with Crippen molar-refractivity contribution in [3.63, 3.8) is 0 Å². The zero-order chi connectivity index (χ0) is 14.9. The summed E-state index contributed by atoms with van der Waals surface area (Å²) in [5.74, 6) is 4.73. The lowest BCUT2D eigenvalue weighted by atomic mass is 10.0. The summed E-state index contributed by atoms with van der Waals surface area (Å²) < 4.78 is 34.1. The third-order valence-electron chi connectivity index (χ3n) is 3.20. The molecule has 1 heterocycles. The van der Waals surface area contributed by atoms with E-state index in [9.17, 15) is 8.78 Å². The quantitative estimate of drug-likeness (QED) is 0.660. The van der Waals surface area contributed by atoms with Crippen LogP contribution in [0.25, 0.3) is 0 Å². The minimum absolute atomic E-state index is 0.230. The van der Waals surface area contributed by atoms with Crippen LogP contribution in [0.15, 0.2) is 18.3 Å². The summed E-state index contributed by atoms with van der Waals surface area (Å²) in [5.41, 5.74) is 3.64. The van der Waals surface area contributed by atoms with E-state index in [1.54, 1.807) is 14.0 Å². The normalized spacial score (nSPS) is 12.5. The van der Waals surface area contributed by atoms with Gasteiger partial charge in [0.2, 0.25) is 0 Å². The van der Waals surface area contributed by atoms with Gasteiger partial charge in [0.25, 0.3) is 0 Å². The maximum Gasteiger partial charge on any atom is 0.161 e. The van der Waals surface area contributed by atoms with Crippen molar-refractivity contribution >= 4 is 0 Å². The van der Waals surface area contributed by atoms with Crippen molar-refractivity contribution < 1.29 is 13.5 Å². The molecule has 2 aromatic rings. The Bertz CT molecular complexity index is 627. The number of aromatic nitrogens is 2. The molecule has 0 radical (unpaired) electrons. The second kappa shape index (κ2) is 5.56. The van der Waals surface area contributed by atoms with Crippen LogP contribution in [0.2, 0.25) is 0 Å². The smallest absolute Gasteiger partial charge is 0.161 e. The molecule has 20 heavy (non-hydrogen) atoms. The summed E-state index contributed by atoms with van der Waals surface area (Å²) in [4.78, 5) is 0.